The summed E-state index contributed by atoms with van der Waals surface area (Å²) in [6.07, 6.45) is -0.0135. The zero-order valence-corrected chi connectivity index (χ0v) is 15.2. The van der Waals surface area contributed by atoms with Crippen LogP contribution in [-0.4, -0.2) is 70.3 Å². The number of carbonyl (C=O) groups excluding carboxylic acids is 1. The minimum Gasteiger partial charge on any atom is -0.350 e. The fourth-order valence-electron chi connectivity index (χ4n) is 2.72. The summed E-state index contributed by atoms with van der Waals surface area (Å²) in [6.45, 7) is 1.07. The van der Waals surface area contributed by atoms with Crippen LogP contribution in [0.2, 0.25) is 0 Å². The average Bonchev–Trinajstić information content (AvgIpc) is 2.99. The Bertz CT molecular complexity index is 720. The van der Waals surface area contributed by atoms with Crippen LogP contribution in [0.4, 0.5) is 13.2 Å². The van der Waals surface area contributed by atoms with E-state index in [0.717, 1.165) is 0 Å². The Morgan fingerprint density at radius 2 is 2.00 bits per heavy atom. The Hall–Kier alpha value is -1.62. The zero-order chi connectivity index (χ0) is 17.2. The molecule has 0 radical (unpaired) electrons. The molecule has 2 N–H and O–H groups in total. The first-order valence-corrected chi connectivity index (χ1v) is 7.55. The van der Waals surface area contributed by atoms with Gasteiger partial charge in [-0.3, -0.25) is 9.69 Å². The largest absolute Gasteiger partial charge is 0.405 e. The van der Waals surface area contributed by atoms with E-state index in [1.54, 1.807) is 12.3 Å². The molecule has 1 atom stereocenters. The van der Waals surface area contributed by atoms with Crippen molar-refractivity contribution >= 4 is 36.4 Å². The molecule has 0 saturated carbocycles. The van der Waals surface area contributed by atoms with Crippen LogP contribution in [0.3, 0.4) is 0 Å². The summed E-state index contributed by atoms with van der Waals surface area (Å²) < 4.78 is 41.3. The number of aromatic nitrogens is 3. The summed E-state index contributed by atoms with van der Waals surface area (Å²) in [6, 6.07) is -0.0653. The van der Waals surface area contributed by atoms with Crippen LogP contribution in [0.15, 0.2) is 24.7 Å². The first-order chi connectivity index (χ1) is 11.5. The SMILES string of the molecule is Cl.Cl.O=C(NCC(N1CCNCC1)C(F)(F)F)c1cnn2cccnc12. The van der Waals surface area contributed by atoms with Crippen molar-refractivity contribution in [2.75, 3.05) is 32.7 Å². The Kier molecular flexibility index (Phi) is 8.07. The fraction of sp³-hybridized carbons (Fsp3) is 0.500. The molecule has 7 nitrogen and oxygen atoms in total. The van der Waals surface area contributed by atoms with Crippen LogP contribution in [0, 0.1) is 0 Å². The fourth-order valence-corrected chi connectivity index (χ4v) is 2.72. The molecule has 1 unspecified atom stereocenters. The van der Waals surface area contributed by atoms with E-state index < -0.39 is 24.7 Å². The molecule has 1 aliphatic rings. The zero-order valence-electron chi connectivity index (χ0n) is 13.6. The molecule has 0 aromatic carbocycles. The van der Waals surface area contributed by atoms with Gasteiger partial charge in [-0.05, 0) is 6.07 Å². The minimum absolute atomic E-state index is 0. The van der Waals surface area contributed by atoms with Gasteiger partial charge in [-0.15, -0.1) is 24.8 Å². The maximum Gasteiger partial charge on any atom is 0.405 e. The van der Waals surface area contributed by atoms with Gasteiger partial charge in [-0.2, -0.15) is 18.3 Å². The predicted molar refractivity (Wildman–Crippen MR) is 94.1 cm³/mol. The molecule has 146 valence electrons. The molecule has 1 saturated heterocycles. The Labute approximate surface area is 160 Å². The Balaban J connectivity index is 0.00000169. The van der Waals surface area contributed by atoms with Gasteiger partial charge in [-0.1, -0.05) is 0 Å². The highest BCUT2D eigenvalue weighted by molar-refractivity contribution is 5.99. The van der Waals surface area contributed by atoms with Crippen molar-refractivity contribution < 1.29 is 18.0 Å². The van der Waals surface area contributed by atoms with E-state index in [4.69, 9.17) is 0 Å². The van der Waals surface area contributed by atoms with Gasteiger partial charge in [0.2, 0.25) is 0 Å². The second kappa shape index (κ2) is 9.36. The van der Waals surface area contributed by atoms with Gasteiger partial charge in [0.1, 0.15) is 11.6 Å². The highest BCUT2D eigenvalue weighted by Crippen LogP contribution is 2.25. The lowest BCUT2D eigenvalue weighted by Gasteiger charge is -2.35. The molecule has 12 heteroatoms. The van der Waals surface area contributed by atoms with Gasteiger partial charge in [0.25, 0.3) is 5.91 Å². The summed E-state index contributed by atoms with van der Waals surface area (Å²) in [5.41, 5.74) is 0.456. The van der Waals surface area contributed by atoms with Crippen LogP contribution in [-0.2, 0) is 0 Å². The molecule has 26 heavy (non-hydrogen) atoms. The van der Waals surface area contributed by atoms with Crippen LogP contribution in [0.5, 0.6) is 0 Å². The molecule has 0 spiro atoms. The maximum atomic E-state index is 13.3. The third-order valence-corrected chi connectivity index (χ3v) is 3.95. The van der Waals surface area contributed by atoms with Crippen molar-refractivity contribution in [3.63, 3.8) is 0 Å². The number of halogens is 5. The molecule has 1 fully saturated rings. The number of hydrogen-bond acceptors (Lipinski definition) is 5. The van der Waals surface area contributed by atoms with Crippen molar-refractivity contribution in [1.82, 2.24) is 30.1 Å². The second-order valence-corrected chi connectivity index (χ2v) is 5.50. The molecule has 1 amide bonds. The number of fused-ring (bicyclic) bond motifs is 1. The molecule has 0 aliphatic carbocycles. The van der Waals surface area contributed by atoms with E-state index in [-0.39, 0.29) is 43.5 Å². The summed E-state index contributed by atoms with van der Waals surface area (Å²) in [4.78, 5) is 17.6. The summed E-state index contributed by atoms with van der Waals surface area (Å²) in [7, 11) is 0. The highest BCUT2D eigenvalue weighted by atomic mass is 35.5. The predicted octanol–water partition coefficient (Wildman–Crippen LogP) is 1.14. The van der Waals surface area contributed by atoms with Gasteiger partial charge in [-0.25, -0.2) is 9.50 Å². The van der Waals surface area contributed by atoms with E-state index in [9.17, 15) is 18.0 Å². The quantitative estimate of drug-likeness (QED) is 0.784. The molecule has 3 heterocycles. The van der Waals surface area contributed by atoms with Gasteiger partial charge in [0.05, 0.1) is 6.20 Å². The van der Waals surface area contributed by atoms with Crippen LogP contribution >= 0.6 is 24.8 Å². The number of amides is 1. The Morgan fingerprint density at radius 1 is 1.31 bits per heavy atom. The van der Waals surface area contributed by atoms with E-state index >= 15 is 0 Å². The van der Waals surface area contributed by atoms with Gasteiger partial charge in [0.15, 0.2) is 5.65 Å². The number of carbonyl (C=O) groups is 1. The molecule has 3 rings (SSSR count). The van der Waals surface area contributed by atoms with Crippen molar-refractivity contribution in [2.24, 2.45) is 0 Å². The summed E-state index contributed by atoms with van der Waals surface area (Å²) in [5.74, 6) is -0.618. The maximum absolute atomic E-state index is 13.3. The molecule has 1 aliphatic heterocycles. The molecule has 2 aromatic rings. The number of rotatable bonds is 4. The van der Waals surface area contributed by atoms with E-state index in [1.165, 1.54) is 21.8 Å². The average molecular weight is 415 g/mol. The monoisotopic (exact) mass is 414 g/mol. The van der Waals surface area contributed by atoms with E-state index in [1.807, 2.05) is 0 Å². The smallest absolute Gasteiger partial charge is 0.350 e. The number of hydrogen-bond donors (Lipinski definition) is 2. The first-order valence-electron chi connectivity index (χ1n) is 7.55. The number of nitrogens with one attached hydrogen (secondary N) is 2. The van der Waals surface area contributed by atoms with E-state index in [0.29, 0.717) is 18.7 Å². The molecular weight excluding hydrogens is 396 g/mol. The lowest BCUT2D eigenvalue weighted by Crippen LogP contribution is -2.57. The van der Waals surface area contributed by atoms with Crippen LogP contribution in [0.25, 0.3) is 5.65 Å². The van der Waals surface area contributed by atoms with Crippen LogP contribution in [0.1, 0.15) is 10.4 Å². The van der Waals surface area contributed by atoms with Crippen molar-refractivity contribution in [3.8, 4) is 0 Å². The lowest BCUT2D eigenvalue weighted by atomic mass is 10.2. The third kappa shape index (κ3) is 4.97. The first kappa shape index (κ1) is 22.4. The molecular formula is C14H19Cl2F3N6O. The molecule has 0 bridgehead atoms. The van der Waals surface area contributed by atoms with Gasteiger partial charge >= 0.3 is 6.18 Å². The second-order valence-electron chi connectivity index (χ2n) is 5.50. The van der Waals surface area contributed by atoms with Gasteiger partial charge < -0.3 is 10.6 Å². The highest BCUT2D eigenvalue weighted by Gasteiger charge is 2.43. The third-order valence-electron chi connectivity index (χ3n) is 3.95. The van der Waals surface area contributed by atoms with Crippen molar-refractivity contribution in [2.45, 2.75) is 12.2 Å². The number of nitrogens with zero attached hydrogens (tertiary/aromatic N) is 4. The molecule has 2 aromatic heterocycles. The van der Waals surface area contributed by atoms with Crippen LogP contribution < -0.4 is 10.6 Å². The van der Waals surface area contributed by atoms with E-state index in [2.05, 4.69) is 20.7 Å². The lowest BCUT2D eigenvalue weighted by molar-refractivity contribution is -0.183. The standard InChI is InChI=1S/C14H17F3N6O.2ClH/c15-14(16,17)11(22-6-3-18-4-7-22)9-20-13(24)10-8-21-23-5-1-2-19-12(10)23;;/h1-2,5,8,11,18H,3-4,6-7,9H2,(H,20,24);2*1H. The van der Waals surface area contributed by atoms with Gasteiger partial charge in [0, 0.05) is 45.1 Å². The topological polar surface area (TPSA) is 74.6 Å². The number of piperazine rings is 1. The van der Waals surface area contributed by atoms with Crippen molar-refractivity contribution in [3.05, 3.63) is 30.2 Å². The summed E-state index contributed by atoms with van der Waals surface area (Å²) >= 11 is 0. The number of alkyl halides is 3. The minimum atomic E-state index is -4.41. The summed E-state index contributed by atoms with van der Waals surface area (Å²) in [5, 5.41) is 9.34. The normalized spacial score (nSPS) is 16.4. The van der Waals surface area contributed by atoms with Crippen molar-refractivity contribution in [1.29, 1.82) is 0 Å². The Morgan fingerprint density at radius 3 is 2.65 bits per heavy atom.